The average Bonchev–Trinajstić information content (AvgIpc) is 2.94. The first-order valence-corrected chi connectivity index (χ1v) is 9.09. The van der Waals surface area contributed by atoms with Crippen molar-refractivity contribution in [3.05, 3.63) is 34.1 Å². The lowest BCUT2D eigenvalue weighted by Gasteiger charge is -2.09. The van der Waals surface area contributed by atoms with Gasteiger partial charge in [-0.05, 0) is 35.3 Å². The van der Waals surface area contributed by atoms with E-state index < -0.39 is 0 Å². The molecule has 0 aliphatic heterocycles. The molecule has 0 aliphatic rings. The molecule has 7 heteroatoms. The Morgan fingerprint density at radius 1 is 1.43 bits per heavy atom. The second-order valence-corrected chi connectivity index (χ2v) is 7.31. The van der Waals surface area contributed by atoms with E-state index in [1.54, 1.807) is 18.9 Å². The number of nitrogens with zero attached hydrogens (tertiary/aromatic N) is 2. The first-order valence-electron chi connectivity index (χ1n) is 6.71. The molecule has 21 heavy (non-hydrogen) atoms. The molecule has 2 aromatic rings. The monoisotopic (exact) mass is 387 g/mol. The van der Waals surface area contributed by atoms with Gasteiger partial charge in [0, 0.05) is 36.0 Å². The third-order valence-corrected chi connectivity index (χ3v) is 5.18. The van der Waals surface area contributed by atoms with E-state index in [0.717, 1.165) is 34.1 Å². The zero-order valence-electron chi connectivity index (χ0n) is 12.1. The van der Waals surface area contributed by atoms with Crippen LogP contribution in [0.4, 0.5) is 0 Å². The van der Waals surface area contributed by atoms with Gasteiger partial charge in [-0.1, -0.05) is 34.6 Å². The van der Waals surface area contributed by atoms with Crippen molar-refractivity contribution in [1.82, 2.24) is 14.7 Å². The Hall–Kier alpha value is -0.470. The molecule has 0 aliphatic carbocycles. The zero-order valence-corrected chi connectivity index (χ0v) is 15.3. The van der Waals surface area contributed by atoms with E-state index in [2.05, 4.69) is 55.7 Å². The minimum Gasteiger partial charge on any atom is -0.383 e. The van der Waals surface area contributed by atoms with E-state index in [1.165, 1.54) is 22.0 Å². The Labute approximate surface area is 142 Å². The summed E-state index contributed by atoms with van der Waals surface area (Å²) in [4.78, 5) is 5.73. The quantitative estimate of drug-likeness (QED) is 0.698. The molecule has 0 unspecified atom stereocenters. The fraction of sp³-hybridized carbons (Fsp3) is 0.429. The van der Waals surface area contributed by atoms with Crippen molar-refractivity contribution in [1.29, 1.82) is 0 Å². The summed E-state index contributed by atoms with van der Waals surface area (Å²) in [6.07, 6.45) is 0.878. The molecule has 4 nitrogen and oxygen atoms in total. The number of aryl methyl sites for hydroxylation is 1. The van der Waals surface area contributed by atoms with E-state index in [4.69, 9.17) is 4.74 Å². The number of halogens is 1. The van der Waals surface area contributed by atoms with Gasteiger partial charge in [-0.25, -0.2) is 4.98 Å². The van der Waals surface area contributed by atoms with E-state index in [-0.39, 0.29) is 0 Å². The molecule has 2 rings (SSSR count). The lowest BCUT2D eigenvalue weighted by Crippen LogP contribution is -2.18. The Bertz CT molecular complexity index is 577. The highest BCUT2D eigenvalue weighted by atomic mass is 79.9. The predicted molar refractivity (Wildman–Crippen MR) is 91.1 cm³/mol. The summed E-state index contributed by atoms with van der Waals surface area (Å²) in [6.45, 7) is 4.44. The Kier molecular flexibility index (Phi) is 7.12. The van der Waals surface area contributed by atoms with Crippen LogP contribution in [0.3, 0.4) is 0 Å². The Morgan fingerprint density at radius 3 is 3.00 bits per heavy atom. The molecule has 1 aromatic heterocycles. The van der Waals surface area contributed by atoms with Crippen LogP contribution in [0, 0.1) is 0 Å². The summed E-state index contributed by atoms with van der Waals surface area (Å²) >= 11 is 6.67. The molecule has 0 saturated carbocycles. The molecule has 1 N–H and O–H groups in total. The third kappa shape index (κ3) is 5.34. The Morgan fingerprint density at radius 2 is 2.29 bits per heavy atom. The second kappa shape index (κ2) is 8.85. The normalized spacial score (nSPS) is 11.0. The lowest BCUT2D eigenvalue weighted by atomic mass is 10.2. The molecule has 1 aromatic carbocycles. The SMILES string of the molecule is CCc1nsc(Sc2ccc(Br)cc2CNCCOC)n1. The number of benzene rings is 1. The van der Waals surface area contributed by atoms with Gasteiger partial charge in [0.2, 0.25) is 0 Å². The summed E-state index contributed by atoms with van der Waals surface area (Å²) in [5.41, 5.74) is 1.25. The molecule has 114 valence electrons. The molecule has 0 amide bonds. The van der Waals surface area contributed by atoms with Crippen LogP contribution in [0.15, 0.2) is 31.9 Å². The lowest BCUT2D eigenvalue weighted by molar-refractivity contribution is 0.199. The smallest absolute Gasteiger partial charge is 0.174 e. The summed E-state index contributed by atoms with van der Waals surface area (Å²) in [7, 11) is 1.71. The number of aromatic nitrogens is 2. The van der Waals surface area contributed by atoms with Gasteiger partial charge < -0.3 is 10.1 Å². The molecule has 0 atom stereocenters. The van der Waals surface area contributed by atoms with Crippen LogP contribution in [0.5, 0.6) is 0 Å². The largest absolute Gasteiger partial charge is 0.383 e. The van der Waals surface area contributed by atoms with Gasteiger partial charge in [0.25, 0.3) is 0 Å². The van der Waals surface area contributed by atoms with E-state index in [1.807, 2.05) is 0 Å². The summed E-state index contributed by atoms with van der Waals surface area (Å²) in [5.74, 6) is 0.916. The van der Waals surface area contributed by atoms with Crippen molar-refractivity contribution in [2.24, 2.45) is 0 Å². The number of hydrogen-bond donors (Lipinski definition) is 1. The minimum absolute atomic E-state index is 0.715. The third-order valence-electron chi connectivity index (χ3n) is 2.78. The highest BCUT2D eigenvalue weighted by Gasteiger charge is 2.09. The predicted octanol–water partition coefficient (Wildman–Crippen LogP) is 3.75. The topological polar surface area (TPSA) is 47.0 Å². The fourth-order valence-corrected chi connectivity index (χ4v) is 3.88. The number of ether oxygens (including phenoxy) is 1. The van der Waals surface area contributed by atoms with Crippen molar-refractivity contribution in [2.75, 3.05) is 20.3 Å². The van der Waals surface area contributed by atoms with E-state index >= 15 is 0 Å². The molecular weight excluding hydrogens is 370 g/mol. The zero-order chi connectivity index (χ0) is 15.1. The van der Waals surface area contributed by atoms with Gasteiger partial charge in [-0.2, -0.15) is 4.37 Å². The summed E-state index contributed by atoms with van der Waals surface area (Å²) in [6, 6.07) is 6.32. The van der Waals surface area contributed by atoms with Crippen molar-refractivity contribution in [2.45, 2.75) is 29.1 Å². The molecule has 1 heterocycles. The van der Waals surface area contributed by atoms with Crippen LogP contribution in [0.25, 0.3) is 0 Å². The van der Waals surface area contributed by atoms with Gasteiger partial charge in [0.15, 0.2) is 4.34 Å². The van der Waals surface area contributed by atoms with Gasteiger partial charge in [0.05, 0.1) is 6.61 Å². The van der Waals surface area contributed by atoms with E-state index in [0.29, 0.717) is 6.61 Å². The highest BCUT2D eigenvalue weighted by molar-refractivity contribution is 9.10. The van der Waals surface area contributed by atoms with Gasteiger partial charge in [0.1, 0.15) is 5.82 Å². The van der Waals surface area contributed by atoms with Crippen LogP contribution < -0.4 is 5.32 Å². The van der Waals surface area contributed by atoms with Gasteiger partial charge >= 0.3 is 0 Å². The van der Waals surface area contributed by atoms with Gasteiger partial charge in [-0.3, -0.25) is 0 Å². The number of rotatable bonds is 8. The second-order valence-electron chi connectivity index (χ2n) is 4.35. The minimum atomic E-state index is 0.715. The first-order chi connectivity index (χ1) is 10.2. The summed E-state index contributed by atoms with van der Waals surface area (Å²) in [5, 5.41) is 3.38. The van der Waals surface area contributed by atoms with Crippen LogP contribution in [-0.4, -0.2) is 29.6 Å². The molecular formula is C14H18BrN3OS2. The number of nitrogens with one attached hydrogen (secondary N) is 1. The molecule has 0 spiro atoms. The summed E-state index contributed by atoms with van der Waals surface area (Å²) < 4.78 is 11.5. The molecule has 0 radical (unpaired) electrons. The number of methoxy groups -OCH3 is 1. The van der Waals surface area contributed by atoms with Crippen molar-refractivity contribution in [3.8, 4) is 0 Å². The molecule has 0 fully saturated rings. The molecule has 0 bridgehead atoms. The maximum Gasteiger partial charge on any atom is 0.174 e. The van der Waals surface area contributed by atoms with E-state index in [9.17, 15) is 0 Å². The maximum absolute atomic E-state index is 5.05. The van der Waals surface area contributed by atoms with Crippen molar-refractivity contribution in [3.63, 3.8) is 0 Å². The Balaban J connectivity index is 2.06. The van der Waals surface area contributed by atoms with Crippen molar-refractivity contribution < 1.29 is 4.74 Å². The van der Waals surface area contributed by atoms with Gasteiger partial charge in [-0.15, -0.1) is 0 Å². The molecule has 0 saturated heterocycles. The first kappa shape index (κ1) is 16.9. The van der Waals surface area contributed by atoms with Crippen LogP contribution in [0.2, 0.25) is 0 Å². The number of hydrogen-bond acceptors (Lipinski definition) is 6. The van der Waals surface area contributed by atoms with Crippen LogP contribution in [0.1, 0.15) is 18.3 Å². The van der Waals surface area contributed by atoms with Crippen molar-refractivity contribution >= 4 is 39.2 Å². The highest BCUT2D eigenvalue weighted by Crippen LogP contribution is 2.33. The van der Waals surface area contributed by atoms with Crippen LogP contribution in [-0.2, 0) is 17.7 Å². The maximum atomic E-state index is 5.05. The standard InChI is InChI=1S/C14H18BrN3OS2/c1-3-13-17-14(21-18-13)20-12-5-4-11(15)8-10(12)9-16-6-7-19-2/h4-5,8,16H,3,6-7,9H2,1-2H3. The van der Waals surface area contributed by atoms with Crippen LogP contribution >= 0.6 is 39.2 Å². The average molecular weight is 388 g/mol. The fourth-order valence-electron chi connectivity index (χ4n) is 1.70.